The summed E-state index contributed by atoms with van der Waals surface area (Å²) in [4.78, 5) is 0. The molecule has 216 valence electrons. The summed E-state index contributed by atoms with van der Waals surface area (Å²) < 4.78 is 82.9. The minimum Gasteiger partial charge on any atom is -0.381 e. The second kappa shape index (κ2) is 22.0. The van der Waals surface area contributed by atoms with Crippen molar-refractivity contribution >= 4 is 8.15 Å². The molecule has 1 aromatic carbocycles. The highest BCUT2D eigenvalue weighted by molar-refractivity contribution is 7.51. The topological polar surface area (TPSA) is 27.7 Å². The van der Waals surface area contributed by atoms with Crippen LogP contribution in [0.5, 0.6) is 0 Å². The molecule has 0 fully saturated rings. The Labute approximate surface area is 221 Å². The third-order valence-electron chi connectivity index (χ3n) is 6.24. The predicted octanol–water partition coefficient (Wildman–Crippen LogP) is 9.44. The van der Waals surface area contributed by atoms with Crippen LogP contribution in [0.15, 0.2) is 0 Å². The largest absolute Gasteiger partial charge is 0.381 e. The normalized spacial score (nSPS) is 12.4. The Morgan fingerprint density at radius 2 is 0.892 bits per heavy atom. The van der Waals surface area contributed by atoms with Crippen LogP contribution in [0.1, 0.15) is 102 Å². The molecule has 1 atom stereocenters. The molecule has 0 aliphatic carbocycles. The molecule has 9 heteroatoms. The average Bonchev–Trinajstić information content (AvgIpc) is 2.89. The molecule has 0 aliphatic rings. The van der Waals surface area contributed by atoms with Crippen LogP contribution in [0.2, 0.25) is 0 Å². The molecule has 0 unspecified atom stereocenters. The fourth-order valence-electron chi connectivity index (χ4n) is 4.05. The number of ether oxygens (including phenoxy) is 2. The maximum atomic E-state index is 13.6. The standard InChI is InChI=1S/C28H46F5O3P/c1-3-36-37(2)21-17-13-9-5-4-6-10-14-18-34-19-15-11-7-8-12-16-20-35-22-23-24(29)26(31)28(33)27(32)25(23)30/h3-22H2,1-2H3/t37-/m0/s1. The fraction of sp³-hybridized carbons (Fsp3) is 0.786. The van der Waals surface area contributed by atoms with Gasteiger partial charge in [0, 0.05) is 34.6 Å². The van der Waals surface area contributed by atoms with Gasteiger partial charge in [-0.3, -0.25) is 0 Å². The first-order chi connectivity index (χ1) is 17.9. The molecule has 1 aromatic rings. The molecule has 3 nitrogen and oxygen atoms in total. The minimum atomic E-state index is -2.15. The van der Waals surface area contributed by atoms with E-state index in [9.17, 15) is 22.0 Å². The van der Waals surface area contributed by atoms with Crippen LogP contribution in [-0.2, 0) is 20.6 Å². The van der Waals surface area contributed by atoms with Crippen molar-refractivity contribution in [2.45, 2.75) is 103 Å². The van der Waals surface area contributed by atoms with Crippen molar-refractivity contribution < 1.29 is 35.9 Å². The average molecular weight is 557 g/mol. The number of halogens is 5. The SMILES string of the molecule is CCO[P@@](C)CCCCCCCCCCOCCCCCCCCOCc1c(F)c(F)c(F)c(F)c1F. The summed E-state index contributed by atoms with van der Waals surface area (Å²) in [7, 11) is -0.201. The number of unbranched alkanes of at least 4 members (excludes halogenated alkanes) is 12. The van der Waals surface area contributed by atoms with E-state index >= 15 is 0 Å². The van der Waals surface area contributed by atoms with Crippen LogP contribution in [0.4, 0.5) is 22.0 Å². The summed E-state index contributed by atoms with van der Waals surface area (Å²) in [6, 6.07) is 0. The minimum absolute atomic E-state index is 0.201. The van der Waals surface area contributed by atoms with Gasteiger partial charge in [0.2, 0.25) is 5.82 Å². The van der Waals surface area contributed by atoms with Crippen LogP contribution in [0.25, 0.3) is 0 Å². The van der Waals surface area contributed by atoms with E-state index in [1.807, 2.05) is 0 Å². The van der Waals surface area contributed by atoms with Gasteiger partial charge in [0.1, 0.15) is 0 Å². The van der Waals surface area contributed by atoms with E-state index in [0.29, 0.717) is 6.42 Å². The van der Waals surface area contributed by atoms with Crippen LogP contribution in [0.3, 0.4) is 0 Å². The fourth-order valence-corrected chi connectivity index (χ4v) is 5.29. The highest BCUT2D eigenvalue weighted by Gasteiger charge is 2.25. The van der Waals surface area contributed by atoms with Gasteiger partial charge in [-0.15, -0.1) is 0 Å². The Hall–Kier alpha value is -0.820. The van der Waals surface area contributed by atoms with Crippen molar-refractivity contribution in [3.05, 3.63) is 34.6 Å². The number of hydrogen-bond donors (Lipinski definition) is 0. The molecule has 0 saturated heterocycles. The van der Waals surface area contributed by atoms with Crippen LogP contribution >= 0.6 is 8.15 Å². The van der Waals surface area contributed by atoms with Crippen molar-refractivity contribution in [2.24, 2.45) is 0 Å². The maximum absolute atomic E-state index is 13.6. The van der Waals surface area contributed by atoms with Gasteiger partial charge >= 0.3 is 0 Å². The first kappa shape index (κ1) is 34.2. The van der Waals surface area contributed by atoms with E-state index in [1.165, 1.54) is 51.1 Å². The molecular formula is C28H46F5O3P. The van der Waals surface area contributed by atoms with E-state index in [1.54, 1.807) is 0 Å². The molecular weight excluding hydrogens is 510 g/mol. The van der Waals surface area contributed by atoms with E-state index in [0.717, 1.165) is 58.3 Å². The van der Waals surface area contributed by atoms with Gasteiger partial charge in [0.05, 0.1) is 12.2 Å². The van der Waals surface area contributed by atoms with Gasteiger partial charge in [-0.1, -0.05) is 64.2 Å². The highest BCUT2D eigenvalue weighted by Crippen LogP contribution is 2.33. The second-order valence-corrected chi connectivity index (χ2v) is 11.4. The second-order valence-electron chi connectivity index (χ2n) is 9.43. The lowest BCUT2D eigenvalue weighted by Crippen LogP contribution is -2.09. The molecule has 0 spiro atoms. The predicted molar refractivity (Wildman–Crippen MR) is 141 cm³/mol. The summed E-state index contributed by atoms with van der Waals surface area (Å²) in [5.74, 6) is -9.70. The number of benzene rings is 1. The van der Waals surface area contributed by atoms with Gasteiger partial charge in [0.15, 0.2) is 23.3 Å². The first-order valence-electron chi connectivity index (χ1n) is 13.9. The Bertz CT molecular complexity index is 695. The summed E-state index contributed by atoms with van der Waals surface area (Å²) in [6.07, 6.45) is 17.2. The van der Waals surface area contributed by atoms with Gasteiger partial charge in [-0.2, -0.15) is 0 Å². The first-order valence-corrected chi connectivity index (χ1v) is 15.8. The van der Waals surface area contributed by atoms with Crippen molar-refractivity contribution in [1.82, 2.24) is 0 Å². The van der Waals surface area contributed by atoms with E-state index in [4.69, 9.17) is 14.0 Å². The maximum Gasteiger partial charge on any atom is 0.200 e. The van der Waals surface area contributed by atoms with Crippen molar-refractivity contribution in [3.8, 4) is 0 Å². The Kier molecular flexibility index (Phi) is 20.4. The van der Waals surface area contributed by atoms with E-state index in [2.05, 4.69) is 13.6 Å². The third-order valence-corrected chi connectivity index (χ3v) is 7.88. The molecule has 0 bridgehead atoms. The van der Waals surface area contributed by atoms with Gasteiger partial charge in [-0.05, 0) is 45.4 Å². The highest BCUT2D eigenvalue weighted by atomic mass is 31.1. The van der Waals surface area contributed by atoms with Crippen molar-refractivity contribution in [3.63, 3.8) is 0 Å². The summed E-state index contributed by atoms with van der Waals surface area (Å²) >= 11 is 0. The van der Waals surface area contributed by atoms with Crippen LogP contribution < -0.4 is 0 Å². The lowest BCUT2D eigenvalue weighted by atomic mass is 10.1. The van der Waals surface area contributed by atoms with Crippen LogP contribution in [0, 0.1) is 29.1 Å². The Morgan fingerprint density at radius 3 is 1.35 bits per heavy atom. The smallest absolute Gasteiger partial charge is 0.200 e. The van der Waals surface area contributed by atoms with E-state index in [-0.39, 0.29) is 14.8 Å². The van der Waals surface area contributed by atoms with Gasteiger partial charge in [0.25, 0.3) is 0 Å². The number of hydrogen-bond acceptors (Lipinski definition) is 3. The molecule has 0 aromatic heterocycles. The lowest BCUT2D eigenvalue weighted by Gasteiger charge is -2.10. The van der Waals surface area contributed by atoms with Crippen LogP contribution in [-0.4, -0.2) is 39.3 Å². The summed E-state index contributed by atoms with van der Waals surface area (Å²) in [6.45, 7) is 6.29. The molecule has 0 aliphatic heterocycles. The molecule has 0 N–H and O–H groups in total. The quantitative estimate of drug-likeness (QED) is 0.0417. The Morgan fingerprint density at radius 1 is 0.514 bits per heavy atom. The molecule has 0 amide bonds. The Balaban J connectivity index is 1.83. The molecule has 0 radical (unpaired) electrons. The zero-order valence-electron chi connectivity index (χ0n) is 22.7. The lowest BCUT2D eigenvalue weighted by molar-refractivity contribution is 0.109. The number of rotatable bonds is 24. The zero-order valence-corrected chi connectivity index (χ0v) is 23.6. The van der Waals surface area contributed by atoms with E-state index < -0.39 is 41.3 Å². The molecule has 0 heterocycles. The molecule has 1 rings (SSSR count). The summed E-state index contributed by atoms with van der Waals surface area (Å²) in [5, 5.41) is 0. The molecule has 0 saturated carbocycles. The zero-order chi connectivity index (χ0) is 27.3. The van der Waals surface area contributed by atoms with Gasteiger partial charge in [-0.25, -0.2) is 22.0 Å². The van der Waals surface area contributed by atoms with Gasteiger partial charge < -0.3 is 14.0 Å². The van der Waals surface area contributed by atoms with Crippen molar-refractivity contribution in [2.75, 3.05) is 39.3 Å². The monoisotopic (exact) mass is 556 g/mol. The third kappa shape index (κ3) is 15.4. The van der Waals surface area contributed by atoms with Crippen molar-refractivity contribution in [1.29, 1.82) is 0 Å². The summed E-state index contributed by atoms with van der Waals surface area (Å²) in [5.41, 5.74) is -0.925. The molecule has 37 heavy (non-hydrogen) atoms.